The molecule has 1 atom stereocenters. The molecule has 0 saturated carbocycles. The van der Waals surface area contributed by atoms with Crippen LogP contribution in [-0.2, 0) is 20.0 Å². The molecular weight excluding hydrogens is 243 g/mol. The number of carbonyl (C=O) groups excluding carboxylic acids is 1. The number of hydrogen-bond donors (Lipinski definition) is 1. The van der Waals surface area contributed by atoms with Crippen molar-refractivity contribution in [3.8, 4) is 0 Å². The Labute approximate surface area is 99.9 Å². The van der Waals surface area contributed by atoms with Crippen LogP contribution in [0.1, 0.15) is 22.8 Å². The van der Waals surface area contributed by atoms with Gasteiger partial charge in [-0.3, -0.25) is 4.57 Å². The Morgan fingerprint density at radius 3 is 2.41 bits per heavy atom. The molecule has 1 N–H and O–H groups in total. The lowest BCUT2D eigenvalue weighted by Crippen LogP contribution is -2.01. The van der Waals surface area contributed by atoms with Gasteiger partial charge in [-0.1, -0.05) is 12.1 Å². The molecule has 0 fully saturated rings. The summed E-state index contributed by atoms with van der Waals surface area (Å²) >= 11 is 0. The third-order valence-electron chi connectivity index (χ3n) is 2.09. The van der Waals surface area contributed by atoms with Crippen molar-refractivity contribution in [2.24, 2.45) is 0 Å². The lowest BCUT2D eigenvalue weighted by Gasteiger charge is -2.10. The van der Waals surface area contributed by atoms with Gasteiger partial charge in [-0.25, -0.2) is 4.79 Å². The summed E-state index contributed by atoms with van der Waals surface area (Å²) in [5.74, 6) is -0.437. The van der Waals surface area contributed by atoms with Gasteiger partial charge in [0.25, 0.3) is 0 Å². The average molecular weight is 258 g/mol. The molecule has 0 aliphatic rings. The fraction of sp³-hybridized carbons (Fsp3) is 0.364. The number of methoxy groups -OCH3 is 1. The standard InChI is InChI=1S/C11H15O5P/c1-3-16-17(13,14)8-9-4-6-10(7-5-9)11(12)15-2/h4-7H,3,8H2,1-2H3,(H,13,14). The Morgan fingerprint density at radius 1 is 1.35 bits per heavy atom. The number of ether oxygens (including phenoxy) is 1. The largest absolute Gasteiger partial charge is 0.465 e. The molecule has 1 aromatic carbocycles. The molecule has 0 bridgehead atoms. The van der Waals surface area contributed by atoms with Crippen LogP contribution in [0.5, 0.6) is 0 Å². The number of esters is 1. The molecule has 0 radical (unpaired) electrons. The highest BCUT2D eigenvalue weighted by atomic mass is 31.2. The average Bonchev–Trinajstić information content (AvgIpc) is 2.28. The smallest absolute Gasteiger partial charge is 0.337 e. The SMILES string of the molecule is CCOP(=O)(O)Cc1ccc(C(=O)OC)cc1. The van der Waals surface area contributed by atoms with Crippen molar-refractivity contribution in [3.05, 3.63) is 35.4 Å². The van der Waals surface area contributed by atoms with Gasteiger partial charge in [-0.15, -0.1) is 0 Å². The van der Waals surface area contributed by atoms with Gasteiger partial charge >= 0.3 is 13.6 Å². The maximum atomic E-state index is 11.5. The van der Waals surface area contributed by atoms with Gasteiger partial charge in [-0.05, 0) is 24.6 Å². The van der Waals surface area contributed by atoms with Gasteiger partial charge in [0.05, 0.1) is 25.4 Å². The second kappa shape index (κ2) is 5.96. The highest BCUT2D eigenvalue weighted by Crippen LogP contribution is 2.45. The molecule has 0 aromatic heterocycles. The minimum atomic E-state index is -3.58. The van der Waals surface area contributed by atoms with Crippen molar-refractivity contribution in [2.75, 3.05) is 13.7 Å². The van der Waals surface area contributed by atoms with E-state index >= 15 is 0 Å². The summed E-state index contributed by atoms with van der Waals surface area (Å²) in [7, 11) is -2.28. The van der Waals surface area contributed by atoms with E-state index in [0.717, 1.165) is 0 Å². The van der Waals surface area contributed by atoms with E-state index in [0.29, 0.717) is 11.1 Å². The Morgan fingerprint density at radius 2 is 1.94 bits per heavy atom. The van der Waals surface area contributed by atoms with Crippen molar-refractivity contribution < 1.29 is 23.5 Å². The first-order valence-electron chi connectivity index (χ1n) is 5.12. The molecule has 1 unspecified atom stereocenters. The molecule has 5 nitrogen and oxygen atoms in total. The van der Waals surface area contributed by atoms with Gasteiger partial charge in [0, 0.05) is 0 Å². The molecule has 0 amide bonds. The van der Waals surface area contributed by atoms with Crippen LogP contribution in [0, 0.1) is 0 Å². The molecule has 1 rings (SSSR count). The topological polar surface area (TPSA) is 72.8 Å². The minimum absolute atomic E-state index is 0.0672. The Hall–Kier alpha value is -1.16. The van der Waals surface area contributed by atoms with Crippen LogP contribution < -0.4 is 0 Å². The van der Waals surface area contributed by atoms with E-state index in [1.54, 1.807) is 31.2 Å². The maximum absolute atomic E-state index is 11.5. The zero-order chi connectivity index (χ0) is 12.9. The first-order valence-corrected chi connectivity index (χ1v) is 6.88. The maximum Gasteiger partial charge on any atom is 0.337 e. The lowest BCUT2D eigenvalue weighted by molar-refractivity contribution is 0.0600. The number of hydrogen-bond acceptors (Lipinski definition) is 4. The molecule has 0 spiro atoms. The molecule has 0 heterocycles. The molecule has 0 saturated heterocycles. The fourth-order valence-corrected chi connectivity index (χ4v) is 2.51. The summed E-state index contributed by atoms with van der Waals surface area (Å²) in [6.07, 6.45) is -0.0672. The van der Waals surface area contributed by atoms with Gasteiger partial charge < -0.3 is 14.2 Å². The predicted molar refractivity (Wildman–Crippen MR) is 62.9 cm³/mol. The van der Waals surface area contributed by atoms with E-state index in [4.69, 9.17) is 4.52 Å². The van der Waals surface area contributed by atoms with Gasteiger partial charge in [-0.2, -0.15) is 0 Å². The highest BCUT2D eigenvalue weighted by molar-refractivity contribution is 7.51. The van der Waals surface area contributed by atoms with E-state index in [1.807, 2.05) is 0 Å². The second-order valence-electron chi connectivity index (χ2n) is 3.40. The van der Waals surface area contributed by atoms with Crippen LogP contribution in [0.3, 0.4) is 0 Å². The van der Waals surface area contributed by atoms with Gasteiger partial charge in [0.1, 0.15) is 0 Å². The molecule has 1 aromatic rings. The van der Waals surface area contributed by atoms with E-state index in [-0.39, 0.29) is 12.8 Å². The zero-order valence-corrected chi connectivity index (χ0v) is 10.6. The number of rotatable bonds is 5. The van der Waals surface area contributed by atoms with Crippen LogP contribution in [0.2, 0.25) is 0 Å². The van der Waals surface area contributed by atoms with Crippen LogP contribution in [0.25, 0.3) is 0 Å². The van der Waals surface area contributed by atoms with Crippen molar-refractivity contribution in [3.63, 3.8) is 0 Å². The quantitative estimate of drug-likeness (QED) is 0.647. The summed E-state index contributed by atoms with van der Waals surface area (Å²) < 4.78 is 20.8. The summed E-state index contributed by atoms with van der Waals surface area (Å²) in [6.45, 7) is 1.84. The zero-order valence-electron chi connectivity index (χ0n) is 9.75. The summed E-state index contributed by atoms with van der Waals surface area (Å²) in [5, 5.41) is 0. The first-order chi connectivity index (χ1) is 7.98. The minimum Gasteiger partial charge on any atom is -0.465 e. The van der Waals surface area contributed by atoms with Gasteiger partial charge in [0.2, 0.25) is 0 Å². The lowest BCUT2D eigenvalue weighted by atomic mass is 10.1. The molecular formula is C11H15O5P. The molecule has 0 aliphatic carbocycles. The monoisotopic (exact) mass is 258 g/mol. The van der Waals surface area contributed by atoms with Crippen LogP contribution in [-0.4, -0.2) is 24.6 Å². The van der Waals surface area contributed by atoms with Gasteiger partial charge in [0.15, 0.2) is 0 Å². The summed E-state index contributed by atoms with van der Waals surface area (Å²) in [5.41, 5.74) is 1.04. The highest BCUT2D eigenvalue weighted by Gasteiger charge is 2.19. The van der Waals surface area contributed by atoms with E-state index in [2.05, 4.69) is 4.74 Å². The first kappa shape index (κ1) is 13.9. The third-order valence-corrected chi connectivity index (χ3v) is 3.51. The van der Waals surface area contributed by atoms with Crippen molar-refractivity contribution in [1.29, 1.82) is 0 Å². The van der Waals surface area contributed by atoms with E-state index in [9.17, 15) is 14.3 Å². The number of benzene rings is 1. The summed E-state index contributed by atoms with van der Waals surface area (Å²) in [4.78, 5) is 20.6. The van der Waals surface area contributed by atoms with Crippen LogP contribution in [0.15, 0.2) is 24.3 Å². The Bertz CT molecular complexity index is 426. The molecule has 0 aliphatic heterocycles. The Kier molecular flexibility index (Phi) is 4.87. The summed E-state index contributed by atoms with van der Waals surface area (Å²) in [6, 6.07) is 6.31. The molecule has 6 heteroatoms. The predicted octanol–water partition coefficient (Wildman–Crippen LogP) is 2.20. The van der Waals surface area contributed by atoms with Crippen molar-refractivity contribution in [2.45, 2.75) is 13.1 Å². The second-order valence-corrected chi connectivity index (χ2v) is 5.25. The van der Waals surface area contributed by atoms with Crippen molar-refractivity contribution >= 4 is 13.6 Å². The Balaban J connectivity index is 2.75. The van der Waals surface area contributed by atoms with Crippen LogP contribution >= 0.6 is 7.60 Å². The van der Waals surface area contributed by atoms with Crippen molar-refractivity contribution in [1.82, 2.24) is 0 Å². The number of carbonyl (C=O) groups is 1. The molecule has 17 heavy (non-hydrogen) atoms. The molecule has 94 valence electrons. The fourth-order valence-electron chi connectivity index (χ4n) is 1.34. The van der Waals surface area contributed by atoms with E-state index in [1.165, 1.54) is 7.11 Å². The normalized spacial score (nSPS) is 14.1. The van der Waals surface area contributed by atoms with Crippen LogP contribution in [0.4, 0.5) is 0 Å². The van der Waals surface area contributed by atoms with E-state index < -0.39 is 13.6 Å². The third kappa shape index (κ3) is 4.30.